The molecule has 0 fully saturated rings. The fourth-order valence-corrected chi connectivity index (χ4v) is 1.07. The molecule has 0 aliphatic heterocycles. The predicted molar refractivity (Wildman–Crippen MR) is 58.5 cm³/mol. The van der Waals surface area contributed by atoms with E-state index in [0.29, 0.717) is 6.29 Å². The van der Waals surface area contributed by atoms with Gasteiger partial charge in [-0.05, 0) is 22.0 Å². The Balaban J connectivity index is 0.000000583. The maximum absolute atomic E-state index is 12.9. The number of aromatic hydroxyl groups is 1. The van der Waals surface area contributed by atoms with Crippen LogP contribution in [-0.4, -0.2) is 25.6 Å². The van der Waals surface area contributed by atoms with Gasteiger partial charge in [0.1, 0.15) is 5.75 Å². The van der Waals surface area contributed by atoms with Crippen LogP contribution in [0.5, 0.6) is 5.75 Å². The van der Waals surface area contributed by atoms with Crippen LogP contribution in [0, 0.1) is 5.82 Å². The molecule has 0 atom stereocenters. The van der Waals surface area contributed by atoms with Crippen LogP contribution in [0.4, 0.5) is 10.1 Å². The smallest absolute Gasteiger partial charge is 0.164 e. The molecule has 4 nitrogen and oxygen atoms in total. The van der Waals surface area contributed by atoms with Crippen LogP contribution < -0.4 is 5.73 Å². The molecule has 0 aromatic heterocycles. The van der Waals surface area contributed by atoms with Gasteiger partial charge in [0.25, 0.3) is 0 Å². The van der Waals surface area contributed by atoms with Crippen molar-refractivity contribution in [2.24, 2.45) is 0 Å². The van der Waals surface area contributed by atoms with Gasteiger partial charge in [0, 0.05) is 19.8 Å². The lowest BCUT2D eigenvalue weighted by molar-refractivity contribution is 0.112. The minimum atomic E-state index is -0.822. The van der Waals surface area contributed by atoms with Crippen LogP contribution in [-0.2, 0) is 4.74 Å². The van der Waals surface area contributed by atoms with Crippen molar-refractivity contribution in [2.75, 3.05) is 20.0 Å². The van der Waals surface area contributed by atoms with Crippen molar-refractivity contribution in [1.82, 2.24) is 0 Å². The van der Waals surface area contributed by atoms with Gasteiger partial charge in [0.05, 0.1) is 10.2 Å². The molecule has 0 aliphatic carbocycles. The van der Waals surface area contributed by atoms with Crippen molar-refractivity contribution in [3.8, 4) is 5.75 Å². The molecule has 1 aromatic rings. The number of carbonyl (C=O) groups is 1. The van der Waals surface area contributed by atoms with E-state index in [-0.39, 0.29) is 21.5 Å². The largest absolute Gasteiger partial charge is 0.507 e. The Bertz CT molecular complexity index is 358. The molecule has 0 saturated carbocycles. The minimum absolute atomic E-state index is 0.0619. The first-order valence-electron chi connectivity index (χ1n) is 3.81. The number of methoxy groups -OCH3 is 1. The summed E-state index contributed by atoms with van der Waals surface area (Å²) in [6.45, 7) is 0. The third-order valence-corrected chi connectivity index (χ3v) is 2.14. The summed E-state index contributed by atoms with van der Waals surface area (Å²) in [4.78, 5) is 10.3. The fourth-order valence-electron chi connectivity index (χ4n) is 0.743. The molecular formula is C9H11BrFNO3. The molecule has 0 saturated heterocycles. The molecular weight excluding hydrogens is 269 g/mol. The summed E-state index contributed by atoms with van der Waals surface area (Å²) in [7, 11) is 3.25. The summed E-state index contributed by atoms with van der Waals surface area (Å²) in [5, 5.41) is 9.04. The number of phenols is 1. The molecule has 6 heteroatoms. The van der Waals surface area contributed by atoms with E-state index in [9.17, 15) is 9.18 Å². The second-order valence-corrected chi connectivity index (χ2v) is 3.35. The lowest BCUT2D eigenvalue weighted by atomic mass is 10.2. The molecule has 0 spiro atoms. The van der Waals surface area contributed by atoms with Gasteiger partial charge in [-0.25, -0.2) is 4.39 Å². The van der Waals surface area contributed by atoms with E-state index in [2.05, 4.69) is 20.7 Å². The number of hydrogen-bond donors (Lipinski definition) is 2. The SMILES string of the molecule is COC.Nc1c(C=O)cc(O)c(Br)c1F. The van der Waals surface area contributed by atoms with E-state index in [1.54, 1.807) is 14.2 Å². The highest BCUT2D eigenvalue weighted by atomic mass is 79.9. The normalized spacial score (nSPS) is 9.07. The van der Waals surface area contributed by atoms with Gasteiger partial charge in [0.15, 0.2) is 12.1 Å². The lowest BCUT2D eigenvalue weighted by Gasteiger charge is -2.03. The summed E-state index contributed by atoms with van der Waals surface area (Å²) in [6.07, 6.45) is 0.380. The van der Waals surface area contributed by atoms with Crippen LogP contribution in [0.3, 0.4) is 0 Å². The standard InChI is InChI=1S/C7H5BrFNO2.C2H6O/c8-5-4(12)1-3(2-11)7(10)6(5)9;1-3-2/h1-2,12H,10H2;1-2H3. The molecule has 0 radical (unpaired) electrons. The number of carbonyl (C=O) groups excluding carboxylic acids is 1. The first kappa shape index (κ1) is 13.9. The third kappa shape index (κ3) is 3.49. The molecule has 0 bridgehead atoms. The second kappa shape index (κ2) is 6.36. The highest BCUT2D eigenvalue weighted by Crippen LogP contribution is 2.32. The Hall–Kier alpha value is -1.14. The van der Waals surface area contributed by atoms with E-state index < -0.39 is 5.82 Å². The van der Waals surface area contributed by atoms with Gasteiger partial charge >= 0.3 is 0 Å². The first-order chi connectivity index (χ1) is 6.99. The lowest BCUT2D eigenvalue weighted by Crippen LogP contribution is -1.97. The number of anilines is 1. The number of benzene rings is 1. The predicted octanol–water partition coefficient (Wildman–Crippen LogP) is 1.95. The summed E-state index contributed by atoms with van der Waals surface area (Å²) in [5.74, 6) is -1.17. The molecule has 1 aromatic carbocycles. The maximum Gasteiger partial charge on any atom is 0.164 e. The van der Waals surface area contributed by atoms with Gasteiger partial charge in [-0.2, -0.15) is 0 Å². The van der Waals surface area contributed by atoms with Crippen molar-refractivity contribution in [2.45, 2.75) is 0 Å². The Kier molecular flexibility index (Phi) is 5.88. The summed E-state index contributed by atoms with van der Waals surface area (Å²) in [5.41, 5.74) is 4.88. The number of nitrogen functional groups attached to an aromatic ring is 1. The minimum Gasteiger partial charge on any atom is -0.507 e. The van der Waals surface area contributed by atoms with Crippen molar-refractivity contribution >= 4 is 27.9 Å². The highest BCUT2D eigenvalue weighted by Gasteiger charge is 2.12. The Labute approximate surface area is 95.0 Å². The molecule has 0 heterocycles. The van der Waals surface area contributed by atoms with Crippen LogP contribution in [0.15, 0.2) is 10.5 Å². The maximum atomic E-state index is 12.9. The Morgan fingerprint density at radius 2 is 2.07 bits per heavy atom. The zero-order valence-corrected chi connectivity index (χ0v) is 9.84. The van der Waals surface area contributed by atoms with Gasteiger partial charge in [0.2, 0.25) is 0 Å². The van der Waals surface area contributed by atoms with Gasteiger partial charge < -0.3 is 15.6 Å². The summed E-state index contributed by atoms with van der Waals surface area (Å²) < 4.78 is 17.1. The summed E-state index contributed by atoms with van der Waals surface area (Å²) >= 11 is 2.77. The number of hydrogen-bond acceptors (Lipinski definition) is 4. The molecule has 84 valence electrons. The first-order valence-corrected chi connectivity index (χ1v) is 4.60. The van der Waals surface area contributed by atoms with Crippen LogP contribution in [0.1, 0.15) is 10.4 Å². The van der Waals surface area contributed by atoms with E-state index in [1.807, 2.05) is 0 Å². The third-order valence-electron chi connectivity index (χ3n) is 1.38. The quantitative estimate of drug-likeness (QED) is 0.468. The topological polar surface area (TPSA) is 72.5 Å². The van der Waals surface area contributed by atoms with Crippen LogP contribution in [0.25, 0.3) is 0 Å². The van der Waals surface area contributed by atoms with Crippen LogP contribution in [0.2, 0.25) is 0 Å². The van der Waals surface area contributed by atoms with E-state index in [0.717, 1.165) is 6.07 Å². The number of aldehydes is 1. The second-order valence-electron chi connectivity index (χ2n) is 2.55. The number of phenolic OH excluding ortho intramolecular Hbond substituents is 1. The van der Waals surface area contributed by atoms with Crippen molar-refractivity contribution in [3.05, 3.63) is 21.9 Å². The molecule has 15 heavy (non-hydrogen) atoms. The fraction of sp³-hybridized carbons (Fsp3) is 0.222. The van der Waals surface area contributed by atoms with Crippen LogP contribution >= 0.6 is 15.9 Å². The van der Waals surface area contributed by atoms with Crippen molar-refractivity contribution < 1.29 is 19.0 Å². The molecule has 3 N–H and O–H groups in total. The number of halogens is 2. The van der Waals surface area contributed by atoms with Gasteiger partial charge in [-0.15, -0.1) is 0 Å². The number of nitrogens with two attached hydrogens (primary N) is 1. The number of rotatable bonds is 1. The zero-order valence-electron chi connectivity index (χ0n) is 8.25. The molecule has 0 unspecified atom stereocenters. The average Bonchev–Trinajstić information content (AvgIpc) is 2.21. The highest BCUT2D eigenvalue weighted by molar-refractivity contribution is 9.10. The van der Waals surface area contributed by atoms with E-state index in [4.69, 9.17) is 10.8 Å². The Morgan fingerprint density at radius 3 is 2.47 bits per heavy atom. The zero-order chi connectivity index (χ0) is 12.0. The molecule has 1 rings (SSSR count). The molecule has 0 aliphatic rings. The van der Waals surface area contributed by atoms with Gasteiger partial charge in [-0.3, -0.25) is 4.79 Å². The van der Waals surface area contributed by atoms with Crippen molar-refractivity contribution in [1.29, 1.82) is 0 Å². The van der Waals surface area contributed by atoms with Crippen molar-refractivity contribution in [3.63, 3.8) is 0 Å². The van der Waals surface area contributed by atoms with E-state index >= 15 is 0 Å². The number of ether oxygens (including phenoxy) is 1. The monoisotopic (exact) mass is 279 g/mol. The molecule has 0 amide bonds. The average molecular weight is 280 g/mol. The Morgan fingerprint density at radius 1 is 1.60 bits per heavy atom. The summed E-state index contributed by atoms with van der Waals surface area (Å²) in [6, 6.07) is 1.09. The van der Waals surface area contributed by atoms with E-state index in [1.165, 1.54) is 0 Å². The van der Waals surface area contributed by atoms with Gasteiger partial charge in [-0.1, -0.05) is 0 Å².